The van der Waals surface area contributed by atoms with E-state index in [1.807, 2.05) is 44.2 Å². The Hall–Kier alpha value is -2.57. The van der Waals surface area contributed by atoms with Gasteiger partial charge in [-0.2, -0.15) is 0 Å². The summed E-state index contributed by atoms with van der Waals surface area (Å²) in [5.74, 6) is -0.0445. The summed E-state index contributed by atoms with van der Waals surface area (Å²) in [7, 11) is 0. The molecule has 3 aromatic rings. The molecule has 0 radical (unpaired) electrons. The lowest BCUT2D eigenvalue weighted by molar-refractivity contribution is 0.0984. The summed E-state index contributed by atoms with van der Waals surface area (Å²) in [6.07, 6.45) is 0. The van der Waals surface area contributed by atoms with E-state index in [2.05, 4.69) is 9.71 Å². The van der Waals surface area contributed by atoms with E-state index in [4.69, 9.17) is 16.3 Å². The predicted molar refractivity (Wildman–Crippen MR) is 115 cm³/mol. The molecule has 3 rings (SSSR count). The second-order valence-electron chi connectivity index (χ2n) is 6.76. The molecule has 0 aliphatic carbocycles. The van der Waals surface area contributed by atoms with E-state index in [-0.39, 0.29) is 16.6 Å². The maximum absolute atomic E-state index is 14.0. The lowest BCUT2D eigenvalue weighted by Gasteiger charge is -2.11. The topological polar surface area (TPSA) is 51.2 Å². The van der Waals surface area contributed by atoms with Gasteiger partial charge in [-0.3, -0.25) is 9.52 Å². The van der Waals surface area contributed by atoms with Crippen LogP contribution < -0.4 is 9.46 Å². The van der Waals surface area contributed by atoms with Crippen molar-refractivity contribution in [3.63, 3.8) is 0 Å². The van der Waals surface area contributed by atoms with Crippen LogP contribution in [-0.2, 0) is 0 Å². The number of carbonyl (C=O) groups excluding carboxylic acids is 1. The van der Waals surface area contributed by atoms with Gasteiger partial charge in [0.1, 0.15) is 16.7 Å². The predicted octanol–water partition coefficient (Wildman–Crippen LogP) is 6.01. The van der Waals surface area contributed by atoms with Crippen molar-refractivity contribution in [2.24, 2.45) is 5.92 Å². The zero-order chi connectivity index (χ0) is 20.8. The van der Waals surface area contributed by atoms with Gasteiger partial charge < -0.3 is 4.74 Å². The van der Waals surface area contributed by atoms with Crippen LogP contribution in [0.1, 0.15) is 24.2 Å². The molecule has 7 heteroatoms. The molecule has 4 nitrogen and oxygen atoms in total. The van der Waals surface area contributed by atoms with Crippen molar-refractivity contribution in [3.05, 3.63) is 77.2 Å². The molecule has 1 amide bonds. The Morgan fingerprint density at radius 1 is 1.17 bits per heavy atom. The Labute approximate surface area is 178 Å². The van der Waals surface area contributed by atoms with E-state index in [0.29, 0.717) is 29.5 Å². The number of hydrogen-bond donors (Lipinski definition) is 1. The third kappa shape index (κ3) is 5.95. The lowest BCUT2D eigenvalue weighted by Crippen LogP contribution is -2.16. The molecule has 0 atom stereocenters. The standard InChI is InChI=1S/C22H20ClFN2O2S/c1-14(2)13-28-17-11-15(10-16(24)12-17)20-9-8-19(21(23)25-20)22(27)26-29-18-6-4-3-5-7-18/h3-12,14H,13H2,1-2H3,(H,26,27). The van der Waals surface area contributed by atoms with Crippen LogP contribution in [0.2, 0.25) is 5.15 Å². The first kappa shape index (κ1) is 21.1. The molecule has 0 fully saturated rings. The number of amides is 1. The minimum atomic E-state index is -0.430. The Morgan fingerprint density at radius 3 is 2.62 bits per heavy atom. The molecule has 1 aromatic heterocycles. The van der Waals surface area contributed by atoms with Crippen LogP contribution in [0.15, 0.2) is 65.6 Å². The summed E-state index contributed by atoms with van der Waals surface area (Å²) >= 11 is 7.42. The van der Waals surface area contributed by atoms with E-state index in [1.54, 1.807) is 18.2 Å². The van der Waals surface area contributed by atoms with Crippen LogP contribution in [0.5, 0.6) is 5.75 Å². The van der Waals surface area contributed by atoms with Gasteiger partial charge in [-0.15, -0.1) is 0 Å². The molecule has 0 aliphatic rings. The van der Waals surface area contributed by atoms with Crippen LogP contribution in [0.25, 0.3) is 11.3 Å². The molecule has 0 bridgehead atoms. The number of pyridine rings is 1. The van der Waals surface area contributed by atoms with Gasteiger partial charge in [0.05, 0.1) is 17.9 Å². The molecule has 0 aliphatic heterocycles. The summed E-state index contributed by atoms with van der Waals surface area (Å²) in [6.45, 7) is 4.51. The van der Waals surface area contributed by atoms with E-state index in [9.17, 15) is 9.18 Å². The van der Waals surface area contributed by atoms with E-state index in [0.717, 1.165) is 4.90 Å². The van der Waals surface area contributed by atoms with Crippen molar-refractivity contribution in [1.82, 2.24) is 9.71 Å². The largest absolute Gasteiger partial charge is 0.493 e. The van der Waals surface area contributed by atoms with Crippen LogP contribution in [0.4, 0.5) is 4.39 Å². The Balaban J connectivity index is 1.76. The minimum absolute atomic E-state index is 0.0440. The zero-order valence-electron chi connectivity index (χ0n) is 16.0. The third-order valence-corrected chi connectivity index (χ3v) is 4.93. The number of nitrogens with one attached hydrogen (secondary N) is 1. The molecule has 0 saturated heterocycles. The molecular weight excluding hydrogens is 411 g/mol. The molecule has 0 spiro atoms. The van der Waals surface area contributed by atoms with Crippen molar-refractivity contribution < 1.29 is 13.9 Å². The third-order valence-electron chi connectivity index (χ3n) is 3.85. The highest BCUT2D eigenvalue weighted by Gasteiger charge is 2.14. The summed E-state index contributed by atoms with van der Waals surface area (Å²) in [5.41, 5.74) is 1.22. The smallest absolute Gasteiger partial charge is 0.264 e. The van der Waals surface area contributed by atoms with Gasteiger partial charge in [-0.05, 0) is 54.3 Å². The molecule has 0 unspecified atom stereocenters. The van der Waals surface area contributed by atoms with Crippen molar-refractivity contribution in [1.29, 1.82) is 0 Å². The van der Waals surface area contributed by atoms with Gasteiger partial charge in [-0.25, -0.2) is 9.37 Å². The highest BCUT2D eigenvalue weighted by Crippen LogP contribution is 2.27. The number of benzene rings is 2. The second kappa shape index (κ2) is 9.76. The van der Waals surface area contributed by atoms with E-state index < -0.39 is 5.82 Å². The molecular formula is C22H20ClFN2O2S. The summed E-state index contributed by atoms with van der Waals surface area (Å²) in [6, 6.07) is 17.0. The average molecular weight is 431 g/mol. The SMILES string of the molecule is CC(C)COc1cc(F)cc(-c2ccc(C(=O)NSc3ccccc3)c(Cl)n2)c1. The fourth-order valence-corrected chi connectivity index (χ4v) is 3.32. The number of aromatic nitrogens is 1. The maximum Gasteiger partial charge on any atom is 0.264 e. The first-order chi connectivity index (χ1) is 13.9. The highest BCUT2D eigenvalue weighted by molar-refractivity contribution is 7.98. The fourth-order valence-electron chi connectivity index (χ4n) is 2.47. The number of rotatable bonds is 7. The first-order valence-corrected chi connectivity index (χ1v) is 10.2. The van der Waals surface area contributed by atoms with Gasteiger partial charge >= 0.3 is 0 Å². The minimum Gasteiger partial charge on any atom is -0.493 e. The first-order valence-electron chi connectivity index (χ1n) is 9.05. The molecule has 1 heterocycles. The summed E-state index contributed by atoms with van der Waals surface area (Å²) in [5, 5.41) is 0.0440. The van der Waals surface area contributed by atoms with Crippen LogP contribution in [-0.4, -0.2) is 17.5 Å². The maximum atomic E-state index is 14.0. The lowest BCUT2D eigenvalue weighted by atomic mass is 10.1. The number of ether oxygens (including phenoxy) is 1. The number of nitrogens with zero attached hydrogens (tertiary/aromatic N) is 1. The van der Waals surface area contributed by atoms with Crippen LogP contribution >= 0.6 is 23.5 Å². The second-order valence-corrected chi connectivity index (χ2v) is 8.00. The summed E-state index contributed by atoms with van der Waals surface area (Å²) in [4.78, 5) is 17.6. The molecule has 29 heavy (non-hydrogen) atoms. The summed E-state index contributed by atoms with van der Waals surface area (Å²) < 4.78 is 22.3. The van der Waals surface area contributed by atoms with Crippen molar-refractivity contribution in [2.75, 3.05) is 6.61 Å². The number of hydrogen-bond acceptors (Lipinski definition) is 4. The molecule has 0 saturated carbocycles. The van der Waals surface area contributed by atoms with Gasteiger partial charge in [0, 0.05) is 16.5 Å². The number of halogens is 2. The highest BCUT2D eigenvalue weighted by atomic mass is 35.5. The van der Waals surface area contributed by atoms with Gasteiger partial charge in [0.2, 0.25) is 0 Å². The van der Waals surface area contributed by atoms with E-state index in [1.165, 1.54) is 24.1 Å². The fraction of sp³-hybridized carbons (Fsp3) is 0.182. The Kier molecular flexibility index (Phi) is 7.12. The molecule has 150 valence electrons. The van der Waals surface area contributed by atoms with Crippen molar-refractivity contribution >= 4 is 29.5 Å². The quantitative estimate of drug-likeness (QED) is 0.368. The zero-order valence-corrected chi connectivity index (χ0v) is 17.6. The molecule has 2 aromatic carbocycles. The van der Waals surface area contributed by atoms with E-state index >= 15 is 0 Å². The van der Waals surface area contributed by atoms with Gasteiger partial charge in [-0.1, -0.05) is 43.6 Å². The van der Waals surface area contributed by atoms with Crippen LogP contribution in [0, 0.1) is 11.7 Å². The van der Waals surface area contributed by atoms with Crippen molar-refractivity contribution in [2.45, 2.75) is 18.7 Å². The van der Waals surface area contributed by atoms with Crippen molar-refractivity contribution in [3.8, 4) is 17.0 Å². The van der Waals surface area contributed by atoms with Gasteiger partial charge in [0.15, 0.2) is 0 Å². The Morgan fingerprint density at radius 2 is 1.93 bits per heavy atom. The normalized spacial score (nSPS) is 10.8. The molecule has 1 N–H and O–H groups in total. The number of carbonyl (C=O) groups is 1. The van der Waals surface area contributed by atoms with Crippen LogP contribution in [0.3, 0.4) is 0 Å². The Bertz CT molecular complexity index is 999. The average Bonchev–Trinajstić information content (AvgIpc) is 2.71. The monoisotopic (exact) mass is 430 g/mol. The van der Waals surface area contributed by atoms with Gasteiger partial charge in [0.25, 0.3) is 5.91 Å².